The van der Waals surface area contributed by atoms with Crippen molar-refractivity contribution in [3.8, 4) is 11.1 Å². The van der Waals surface area contributed by atoms with E-state index in [1.165, 1.54) is 12.5 Å². The summed E-state index contributed by atoms with van der Waals surface area (Å²) >= 11 is 0. The molecule has 0 spiro atoms. The van der Waals surface area contributed by atoms with Gasteiger partial charge in [-0.3, -0.25) is 0 Å². The summed E-state index contributed by atoms with van der Waals surface area (Å²) in [6.45, 7) is 0.669. The number of hydrogen-bond acceptors (Lipinski definition) is 2. The van der Waals surface area contributed by atoms with Gasteiger partial charge in [0, 0.05) is 17.7 Å². The molecule has 0 amide bonds. The summed E-state index contributed by atoms with van der Waals surface area (Å²) in [5.74, 6) is -0.218. The molecular weight excluding hydrogens is 193 g/mol. The predicted octanol–water partition coefficient (Wildman–Crippen LogP) is 2.81. The van der Waals surface area contributed by atoms with Gasteiger partial charge in [-0.15, -0.1) is 0 Å². The average Bonchev–Trinajstić information content (AvgIpc) is 2.71. The van der Waals surface area contributed by atoms with Crippen LogP contribution in [0.15, 0.2) is 41.2 Å². The third-order valence-corrected chi connectivity index (χ3v) is 2.25. The third kappa shape index (κ3) is 2.07. The fourth-order valence-electron chi connectivity index (χ4n) is 1.52. The summed E-state index contributed by atoms with van der Waals surface area (Å²) in [6, 6.07) is 6.96. The number of benzene rings is 1. The van der Waals surface area contributed by atoms with Crippen molar-refractivity contribution in [2.75, 3.05) is 7.05 Å². The largest absolute Gasteiger partial charge is 0.472 e. The fraction of sp³-hybridized carbons (Fsp3) is 0.167. The van der Waals surface area contributed by atoms with E-state index in [9.17, 15) is 4.39 Å². The molecule has 0 aliphatic rings. The highest BCUT2D eigenvalue weighted by molar-refractivity contribution is 5.63. The lowest BCUT2D eigenvalue weighted by Crippen LogP contribution is -2.05. The van der Waals surface area contributed by atoms with Gasteiger partial charge in [-0.05, 0) is 24.7 Å². The van der Waals surface area contributed by atoms with E-state index in [4.69, 9.17) is 4.42 Å². The zero-order valence-corrected chi connectivity index (χ0v) is 8.46. The van der Waals surface area contributed by atoms with E-state index in [2.05, 4.69) is 5.32 Å². The molecule has 0 aliphatic heterocycles. The summed E-state index contributed by atoms with van der Waals surface area (Å²) < 4.78 is 18.6. The molecule has 0 unspecified atom stereocenters. The maximum atomic E-state index is 13.7. The van der Waals surface area contributed by atoms with Crippen LogP contribution in [-0.2, 0) is 6.54 Å². The Morgan fingerprint density at radius 3 is 2.80 bits per heavy atom. The molecule has 1 aromatic carbocycles. The molecule has 0 saturated carbocycles. The number of halogens is 1. The monoisotopic (exact) mass is 205 g/mol. The minimum Gasteiger partial charge on any atom is -0.472 e. The van der Waals surface area contributed by atoms with Crippen LogP contribution in [0.2, 0.25) is 0 Å². The van der Waals surface area contributed by atoms with E-state index >= 15 is 0 Å². The number of rotatable bonds is 3. The molecule has 0 atom stereocenters. The van der Waals surface area contributed by atoms with Crippen molar-refractivity contribution in [3.05, 3.63) is 48.2 Å². The van der Waals surface area contributed by atoms with E-state index < -0.39 is 0 Å². The maximum absolute atomic E-state index is 13.7. The highest BCUT2D eigenvalue weighted by atomic mass is 19.1. The molecule has 2 rings (SSSR count). The Kier molecular flexibility index (Phi) is 2.83. The first kappa shape index (κ1) is 9.93. The minimum atomic E-state index is -0.218. The maximum Gasteiger partial charge on any atom is 0.131 e. The molecule has 78 valence electrons. The second-order valence-corrected chi connectivity index (χ2v) is 3.36. The summed E-state index contributed by atoms with van der Waals surface area (Å²) in [7, 11) is 1.84. The lowest BCUT2D eigenvalue weighted by Gasteiger charge is -2.03. The Balaban J connectivity index is 2.35. The molecule has 0 fully saturated rings. The normalized spacial score (nSPS) is 10.5. The quantitative estimate of drug-likeness (QED) is 0.833. The van der Waals surface area contributed by atoms with Crippen molar-refractivity contribution in [1.82, 2.24) is 5.32 Å². The van der Waals surface area contributed by atoms with Crippen LogP contribution in [0.25, 0.3) is 11.1 Å². The van der Waals surface area contributed by atoms with Gasteiger partial charge in [-0.1, -0.05) is 12.1 Å². The van der Waals surface area contributed by atoms with E-state index in [-0.39, 0.29) is 5.82 Å². The molecule has 1 heterocycles. The van der Waals surface area contributed by atoms with Gasteiger partial charge < -0.3 is 9.73 Å². The van der Waals surface area contributed by atoms with Crippen LogP contribution in [0.5, 0.6) is 0 Å². The average molecular weight is 205 g/mol. The first-order valence-corrected chi connectivity index (χ1v) is 4.77. The van der Waals surface area contributed by atoms with Crippen LogP contribution < -0.4 is 5.32 Å². The van der Waals surface area contributed by atoms with Gasteiger partial charge in [0.05, 0.1) is 12.5 Å². The van der Waals surface area contributed by atoms with E-state index in [1.807, 2.05) is 13.1 Å². The van der Waals surface area contributed by atoms with E-state index in [1.54, 1.807) is 18.2 Å². The summed E-state index contributed by atoms with van der Waals surface area (Å²) in [5, 5.41) is 2.98. The summed E-state index contributed by atoms with van der Waals surface area (Å²) in [6.07, 6.45) is 3.08. The molecule has 3 heteroatoms. The zero-order valence-electron chi connectivity index (χ0n) is 8.46. The van der Waals surface area contributed by atoms with Gasteiger partial charge in [0.1, 0.15) is 5.82 Å². The van der Waals surface area contributed by atoms with Crippen LogP contribution in [0, 0.1) is 5.82 Å². The van der Waals surface area contributed by atoms with Crippen molar-refractivity contribution >= 4 is 0 Å². The Labute approximate surface area is 87.7 Å². The smallest absolute Gasteiger partial charge is 0.131 e. The standard InChI is InChI=1S/C12H12FNO/c1-14-7-9-2-3-11(12(13)6-9)10-4-5-15-8-10/h2-6,8,14H,7H2,1H3. The second-order valence-electron chi connectivity index (χ2n) is 3.36. The van der Waals surface area contributed by atoms with Gasteiger partial charge in [0.15, 0.2) is 0 Å². The number of furan rings is 1. The molecule has 15 heavy (non-hydrogen) atoms. The molecule has 0 saturated heterocycles. The predicted molar refractivity (Wildman–Crippen MR) is 56.9 cm³/mol. The third-order valence-electron chi connectivity index (χ3n) is 2.25. The van der Waals surface area contributed by atoms with Crippen molar-refractivity contribution in [2.24, 2.45) is 0 Å². The lowest BCUT2D eigenvalue weighted by atomic mass is 10.1. The van der Waals surface area contributed by atoms with Crippen LogP contribution >= 0.6 is 0 Å². The highest BCUT2D eigenvalue weighted by Crippen LogP contribution is 2.23. The Morgan fingerprint density at radius 1 is 1.33 bits per heavy atom. The first-order chi connectivity index (χ1) is 7.31. The van der Waals surface area contributed by atoms with Gasteiger partial charge >= 0.3 is 0 Å². The lowest BCUT2D eigenvalue weighted by molar-refractivity contribution is 0.567. The van der Waals surface area contributed by atoms with Crippen molar-refractivity contribution in [3.63, 3.8) is 0 Å². The molecule has 1 N–H and O–H groups in total. The fourth-order valence-corrected chi connectivity index (χ4v) is 1.52. The van der Waals surface area contributed by atoms with Gasteiger partial charge in [-0.2, -0.15) is 0 Å². The molecule has 0 radical (unpaired) electrons. The van der Waals surface area contributed by atoms with Crippen LogP contribution in [0.1, 0.15) is 5.56 Å². The van der Waals surface area contributed by atoms with Crippen LogP contribution in [-0.4, -0.2) is 7.05 Å². The van der Waals surface area contributed by atoms with E-state index in [0.717, 1.165) is 11.1 Å². The minimum absolute atomic E-state index is 0.218. The second kappa shape index (κ2) is 4.28. The first-order valence-electron chi connectivity index (χ1n) is 4.77. The highest BCUT2D eigenvalue weighted by Gasteiger charge is 2.06. The molecule has 2 aromatic rings. The molecule has 0 aliphatic carbocycles. The van der Waals surface area contributed by atoms with Gasteiger partial charge in [0.25, 0.3) is 0 Å². The molecule has 1 aromatic heterocycles. The van der Waals surface area contributed by atoms with Crippen molar-refractivity contribution in [1.29, 1.82) is 0 Å². The molecule has 0 bridgehead atoms. The van der Waals surface area contributed by atoms with Crippen LogP contribution in [0.4, 0.5) is 4.39 Å². The van der Waals surface area contributed by atoms with Gasteiger partial charge in [-0.25, -0.2) is 4.39 Å². The number of nitrogens with one attached hydrogen (secondary N) is 1. The topological polar surface area (TPSA) is 25.2 Å². The van der Waals surface area contributed by atoms with Crippen molar-refractivity contribution in [2.45, 2.75) is 6.54 Å². The summed E-state index contributed by atoms with van der Waals surface area (Å²) in [4.78, 5) is 0. The Hall–Kier alpha value is -1.61. The van der Waals surface area contributed by atoms with Crippen LogP contribution in [0.3, 0.4) is 0 Å². The summed E-state index contributed by atoms with van der Waals surface area (Å²) in [5.41, 5.74) is 2.27. The molecule has 2 nitrogen and oxygen atoms in total. The van der Waals surface area contributed by atoms with Gasteiger partial charge in [0.2, 0.25) is 0 Å². The van der Waals surface area contributed by atoms with Crippen molar-refractivity contribution < 1.29 is 8.81 Å². The molecular formula is C12H12FNO. The van der Waals surface area contributed by atoms with E-state index in [0.29, 0.717) is 12.1 Å². The Morgan fingerprint density at radius 2 is 2.20 bits per heavy atom. The SMILES string of the molecule is CNCc1ccc(-c2ccoc2)c(F)c1. The number of hydrogen-bond donors (Lipinski definition) is 1. The Bertz CT molecular complexity index is 437. The zero-order chi connectivity index (χ0) is 10.7.